The largest absolute Gasteiger partial charge is 0.331 e. The molecule has 0 aliphatic carbocycles. The lowest BCUT2D eigenvalue weighted by Gasteiger charge is -2.22. The van der Waals surface area contributed by atoms with Crippen molar-refractivity contribution in [2.75, 3.05) is 18.4 Å². The number of nitrogens with zero attached hydrogens (tertiary/aromatic N) is 1. The third-order valence-corrected chi connectivity index (χ3v) is 3.73. The number of anilines is 1. The van der Waals surface area contributed by atoms with E-state index in [0.29, 0.717) is 6.54 Å². The third kappa shape index (κ3) is 4.71. The van der Waals surface area contributed by atoms with Crippen LogP contribution < -0.4 is 10.6 Å². The van der Waals surface area contributed by atoms with E-state index in [1.54, 1.807) is 4.90 Å². The number of rotatable bonds is 5. The summed E-state index contributed by atoms with van der Waals surface area (Å²) in [4.78, 5) is 25.5. The molecule has 22 heavy (non-hydrogen) atoms. The average molecular weight is 326 g/mol. The first-order chi connectivity index (χ1) is 10.1. The Kier molecular flexibility index (Phi) is 7.35. The molecule has 1 heterocycles. The summed E-state index contributed by atoms with van der Waals surface area (Å²) < 4.78 is 0. The molecule has 0 aromatic heterocycles. The van der Waals surface area contributed by atoms with Gasteiger partial charge in [0.2, 0.25) is 11.8 Å². The monoisotopic (exact) mass is 325 g/mol. The second-order valence-corrected chi connectivity index (χ2v) is 5.34. The van der Waals surface area contributed by atoms with Gasteiger partial charge in [0.15, 0.2) is 0 Å². The van der Waals surface area contributed by atoms with Crippen LogP contribution in [0.5, 0.6) is 0 Å². The Hall–Kier alpha value is -1.59. The molecule has 1 aromatic rings. The second-order valence-electron chi connectivity index (χ2n) is 5.34. The fraction of sp³-hybridized carbons (Fsp3) is 0.500. The Morgan fingerprint density at radius 3 is 2.82 bits per heavy atom. The first-order valence-corrected chi connectivity index (χ1v) is 7.49. The smallest absolute Gasteiger partial charge is 0.247 e. The Morgan fingerprint density at radius 1 is 1.36 bits per heavy atom. The normalized spacial score (nSPS) is 17.0. The average Bonchev–Trinajstić information content (AvgIpc) is 2.95. The number of halogens is 1. The summed E-state index contributed by atoms with van der Waals surface area (Å²) in [6.45, 7) is 5.94. The Morgan fingerprint density at radius 2 is 2.14 bits per heavy atom. The number of hydrogen-bond acceptors (Lipinski definition) is 3. The zero-order chi connectivity index (χ0) is 15.2. The van der Waals surface area contributed by atoms with E-state index in [1.807, 2.05) is 24.3 Å². The van der Waals surface area contributed by atoms with Crippen LogP contribution in [0.3, 0.4) is 0 Å². The van der Waals surface area contributed by atoms with Crippen LogP contribution in [-0.2, 0) is 16.1 Å². The number of carbonyl (C=O) groups excluding carboxylic acids is 2. The van der Waals surface area contributed by atoms with Gasteiger partial charge in [-0.3, -0.25) is 9.59 Å². The van der Waals surface area contributed by atoms with Gasteiger partial charge in [-0.2, -0.15) is 0 Å². The number of hydrogen-bond donors (Lipinski definition) is 2. The maximum atomic E-state index is 12.3. The molecule has 0 radical (unpaired) electrons. The lowest BCUT2D eigenvalue weighted by molar-refractivity contribution is -0.134. The minimum Gasteiger partial charge on any atom is -0.331 e. The molecule has 0 saturated carbocycles. The summed E-state index contributed by atoms with van der Waals surface area (Å²) in [5, 5.41) is 6.18. The van der Waals surface area contributed by atoms with Crippen LogP contribution >= 0.6 is 12.4 Å². The Balaban J connectivity index is 0.00000242. The maximum Gasteiger partial charge on any atom is 0.247 e. The van der Waals surface area contributed by atoms with Gasteiger partial charge in [0.25, 0.3) is 0 Å². The van der Waals surface area contributed by atoms with Crippen LogP contribution in [0.15, 0.2) is 24.3 Å². The van der Waals surface area contributed by atoms with Gasteiger partial charge in [-0.05, 0) is 37.1 Å². The lowest BCUT2D eigenvalue weighted by Crippen LogP contribution is -2.42. The first-order valence-electron chi connectivity index (χ1n) is 7.49. The molecule has 0 bridgehead atoms. The molecule has 1 aliphatic rings. The van der Waals surface area contributed by atoms with Gasteiger partial charge in [0.1, 0.15) is 6.04 Å². The summed E-state index contributed by atoms with van der Waals surface area (Å²) in [6, 6.07) is 7.46. The number of carbonyl (C=O) groups is 2. The van der Waals surface area contributed by atoms with Crippen molar-refractivity contribution < 1.29 is 9.59 Å². The topological polar surface area (TPSA) is 61.4 Å². The van der Waals surface area contributed by atoms with Crippen molar-refractivity contribution in [2.45, 2.75) is 39.3 Å². The fourth-order valence-electron chi connectivity index (χ4n) is 2.67. The molecule has 1 atom stereocenters. The molecule has 6 heteroatoms. The minimum absolute atomic E-state index is 0. The van der Waals surface area contributed by atoms with E-state index in [9.17, 15) is 9.59 Å². The van der Waals surface area contributed by atoms with Gasteiger partial charge in [-0.25, -0.2) is 0 Å². The lowest BCUT2D eigenvalue weighted by atomic mass is 10.1. The van der Waals surface area contributed by atoms with Crippen LogP contribution in [-0.4, -0.2) is 35.8 Å². The number of nitrogens with one attached hydrogen (secondary N) is 2. The van der Waals surface area contributed by atoms with Crippen molar-refractivity contribution in [1.29, 1.82) is 0 Å². The van der Waals surface area contributed by atoms with Crippen molar-refractivity contribution in [3.05, 3.63) is 29.8 Å². The van der Waals surface area contributed by atoms with Crippen LogP contribution in [0.1, 0.15) is 32.3 Å². The summed E-state index contributed by atoms with van der Waals surface area (Å²) in [5.74, 6) is -0.128. The molecular formula is C16H24ClN3O2. The van der Waals surface area contributed by atoms with Crippen LogP contribution in [0.2, 0.25) is 0 Å². The van der Waals surface area contributed by atoms with Crippen LogP contribution in [0.4, 0.5) is 5.69 Å². The fourth-order valence-corrected chi connectivity index (χ4v) is 2.67. The molecule has 5 nitrogen and oxygen atoms in total. The van der Waals surface area contributed by atoms with Gasteiger partial charge >= 0.3 is 0 Å². The summed E-state index contributed by atoms with van der Waals surface area (Å²) in [7, 11) is 0. The zero-order valence-electron chi connectivity index (χ0n) is 13.1. The molecular weight excluding hydrogens is 302 g/mol. The molecule has 1 fully saturated rings. The quantitative estimate of drug-likeness (QED) is 0.872. The van der Waals surface area contributed by atoms with Gasteiger partial charge in [0, 0.05) is 25.7 Å². The van der Waals surface area contributed by atoms with Crippen molar-refractivity contribution in [3.63, 3.8) is 0 Å². The van der Waals surface area contributed by atoms with E-state index < -0.39 is 0 Å². The second kappa shape index (κ2) is 8.76. The summed E-state index contributed by atoms with van der Waals surface area (Å²) in [6.07, 6.45) is 1.63. The summed E-state index contributed by atoms with van der Waals surface area (Å²) >= 11 is 0. The molecule has 2 amide bonds. The Bertz CT molecular complexity index is 522. The number of likely N-dealkylation sites (tertiary alicyclic amines) is 1. The standard InChI is InChI=1S/C16H23N3O2.ClH/c1-3-17-11-13-6-4-7-14(10-13)18-16(21)15-8-5-9-19(15)12(2)20;/h4,6-7,10,15,17H,3,5,8-9,11H2,1-2H3,(H,18,21);1H. The van der Waals surface area contributed by atoms with E-state index in [0.717, 1.165) is 37.2 Å². The predicted octanol–water partition coefficient (Wildman–Crippen LogP) is 2.17. The van der Waals surface area contributed by atoms with E-state index in [1.165, 1.54) is 6.92 Å². The zero-order valence-corrected chi connectivity index (χ0v) is 13.9. The SMILES string of the molecule is CCNCc1cccc(NC(=O)C2CCCN2C(C)=O)c1.Cl. The van der Waals surface area contributed by atoms with E-state index in [2.05, 4.69) is 17.6 Å². The van der Waals surface area contributed by atoms with Crippen molar-refractivity contribution >= 4 is 29.9 Å². The highest BCUT2D eigenvalue weighted by molar-refractivity contribution is 5.97. The molecule has 2 rings (SSSR count). The van der Waals surface area contributed by atoms with E-state index in [4.69, 9.17) is 0 Å². The van der Waals surface area contributed by atoms with Crippen LogP contribution in [0, 0.1) is 0 Å². The molecule has 1 aliphatic heterocycles. The van der Waals surface area contributed by atoms with Crippen molar-refractivity contribution in [2.24, 2.45) is 0 Å². The van der Waals surface area contributed by atoms with Crippen LogP contribution in [0.25, 0.3) is 0 Å². The highest BCUT2D eigenvalue weighted by Gasteiger charge is 2.32. The molecule has 2 N–H and O–H groups in total. The van der Waals surface area contributed by atoms with Gasteiger partial charge in [-0.1, -0.05) is 19.1 Å². The number of amides is 2. The van der Waals surface area contributed by atoms with E-state index >= 15 is 0 Å². The van der Waals surface area contributed by atoms with Gasteiger partial charge < -0.3 is 15.5 Å². The molecule has 0 spiro atoms. The molecule has 122 valence electrons. The third-order valence-electron chi connectivity index (χ3n) is 3.73. The molecule has 1 aromatic carbocycles. The molecule has 1 saturated heterocycles. The van der Waals surface area contributed by atoms with Crippen molar-refractivity contribution in [1.82, 2.24) is 10.2 Å². The summed E-state index contributed by atoms with van der Waals surface area (Å²) in [5.41, 5.74) is 1.91. The van der Waals surface area contributed by atoms with E-state index in [-0.39, 0.29) is 30.3 Å². The molecule has 1 unspecified atom stereocenters. The predicted molar refractivity (Wildman–Crippen MR) is 90.1 cm³/mol. The Labute approximate surface area is 137 Å². The highest BCUT2D eigenvalue weighted by atomic mass is 35.5. The first kappa shape index (κ1) is 18.5. The maximum absolute atomic E-state index is 12.3. The highest BCUT2D eigenvalue weighted by Crippen LogP contribution is 2.19. The minimum atomic E-state index is -0.333. The van der Waals surface area contributed by atoms with Gasteiger partial charge in [-0.15, -0.1) is 12.4 Å². The number of benzene rings is 1. The van der Waals surface area contributed by atoms with Crippen molar-refractivity contribution in [3.8, 4) is 0 Å². The van der Waals surface area contributed by atoms with Gasteiger partial charge in [0.05, 0.1) is 0 Å².